The molecule has 2 aromatic heterocycles. The van der Waals surface area contributed by atoms with Crippen LogP contribution in [0.25, 0.3) is 12.2 Å². The minimum Gasteiger partial charge on any atom is -0.450 e. The second kappa shape index (κ2) is 4.47. The number of thiophene rings is 1. The molecule has 0 aliphatic heterocycles. The second-order valence-corrected chi connectivity index (χ2v) is 5.89. The van der Waals surface area contributed by atoms with Crippen LogP contribution in [0.1, 0.15) is 10.6 Å². The molecule has 0 aromatic carbocycles. The van der Waals surface area contributed by atoms with Crippen LogP contribution in [0.5, 0.6) is 0 Å². The van der Waals surface area contributed by atoms with Crippen molar-refractivity contribution in [3.05, 3.63) is 43.4 Å². The van der Waals surface area contributed by atoms with Crippen LogP contribution >= 0.6 is 43.2 Å². The van der Waals surface area contributed by atoms with Gasteiger partial charge in [-0.15, -0.1) is 11.3 Å². The van der Waals surface area contributed by atoms with Crippen LogP contribution in [0, 0.1) is 0 Å². The smallest absolute Gasteiger partial charge is 0.169 e. The summed E-state index contributed by atoms with van der Waals surface area (Å²) in [5.74, 6) is 0.849. The van der Waals surface area contributed by atoms with Gasteiger partial charge in [0.05, 0.1) is 3.79 Å². The highest BCUT2D eigenvalue weighted by Gasteiger charge is 1.95. The highest BCUT2D eigenvalue weighted by atomic mass is 79.9. The SMILES string of the molecule is Brc1ccc(/C=C/c2ccc(Br)s2)o1. The first-order valence-corrected chi connectivity index (χ1v) is 6.33. The second-order valence-electron chi connectivity index (χ2n) is 2.62. The maximum Gasteiger partial charge on any atom is 0.169 e. The molecule has 2 heterocycles. The van der Waals surface area contributed by atoms with Crippen molar-refractivity contribution < 1.29 is 4.42 Å². The molecule has 0 radical (unpaired) electrons. The summed E-state index contributed by atoms with van der Waals surface area (Å²) in [5.41, 5.74) is 0. The van der Waals surface area contributed by atoms with Crippen LogP contribution in [0.15, 0.2) is 37.1 Å². The number of hydrogen-bond donors (Lipinski definition) is 0. The summed E-state index contributed by atoms with van der Waals surface area (Å²) in [5, 5.41) is 0. The fourth-order valence-electron chi connectivity index (χ4n) is 1.000. The number of furan rings is 1. The molecule has 0 unspecified atom stereocenters. The number of rotatable bonds is 2. The van der Waals surface area contributed by atoms with Crippen LogP contribution in [-0.2, 0) is 0 Å². The summed E-state index contributed by atoms with van der Waals surface area (Å²) >= 11 is 8.36. The third-order valence-electron chi connectivity index (χ3n) is 1.60. The Morgan fingerprint density at radius 3 is 2.50 bits per heavy atom. The maximum atomic E-state index is 5.33. The molecular formula is C10H6Br2OS. The molecule has 0 aliphatic carbocycles. The zero-order chi connectivity index (χ0) is 9.97. The van der Waals surface area contributed by atoms with E-state index in [1.807, 2.05) is 30.4 Å². The highest BCUT2D eigenvalue weighted by Crippen LogP contribution is 2.24. The van der Waals surface area contributed by atoms with E-state index in [1.165, 1.54) is 4.88 Å². The van der Waals surface area contributed by atoms with E-state index < -0.39 is 0 Å². The number of halogens is 2. The molecular weight excluding hydrogens is 328 g/mol. The first-order chi connectivity index (χ1) is 6.74. The molecule has 0 amide bonds. The van der Waals surface area contributed by atoms with Crippen LogP contribution in [0.3, 0.4) is 0 Å². The van der Waals surface area contributed by atoms with Gasteiger partial charge in [-0.3, -0.25) is 0 Å². The van der Waals surface area contributed by atoms with E-state index in [1.54, 1.807) is 11.3 Å². The average Bonchev–Trinajstić information content (AvgIpc) is 2.72. The van der Waals surface area contributed by atoms with Crippen molar-refractivity contribution in [3.63, 3.8) is 0 Å². The standard InChI is InChI=1S/C10H6Br2OS/c11-9-5-2-7(13-9)1-3-8-4-6-10(12)14-8/h1-6H/b3-1+. The average molecular weight is 334 g/mol. The minimum absolute atomic E-state index is 0.754. The van der Waals surface area contributed by atoms with Crippen molar-refractivity contribution in [3.8, 4) is 0 Å². The van der Waals surface area contributed by atoms with Gasteiger partial charge in [-0.2, -0.15) is 0 Å². The van der Waals surface area contributed by atoms with Gasteiger partial charge in [0.1, 0.15) is 5.76 Å². The molecule has 0 spiro atoms. The lowest BCUT2D eigenvalue weighted by Gasteiger charge is -1.84. The summed E-state index contributed by atoms with van der Waals surface area (Å²) in [6, 6.07) is 7.89. The molecule has 0 bridgehead atoms. The van der Waals surface area contributed by atoms with Crippen LogP contribution in [-0.4, -0.2) is 0 Å². The lowest BCUT2D eigenvalue weighted by Crippen LogP contribution is -1.59. The summed E-state index contributed by atoms with van der Waals surface area (Å²) < 4.78 is 7.23. The molecule has 0 saturated heterocycles. The molecule has 0 saturated carbocycles. The summed E-state index contributed by atoms with van der Waals surface area (Å²) in [7, 11) is 0. The normalized spacial score (nSPS) is 11.3. The van der Waals surface area contributed by atoms with Crippen molar-refractivity contribution in [2.45, 2.75) is 0 Å². The topological polar surface area (TPSA) is 13.1 Å². The first-order valence-electron chi connectivity index (χ1n) is 3.93. The van der Waals surface area contributed by atoms with Gasteiger partial charge in [-0.1, -0.05) is 0 Å². The first kappa shape index (κ1) is 10.2. The molecule has 14 heavy (non-hydrogen) atoms. The van der Waals surface area contributed by atoms with E-state index in [9.17, 15) is 0 Å². The lowest BCUT2D eigenvalue weighted by atomic mass is 10.3. The maximum absolute atomic E-state index is 5.33. The van der Waals surface area contributed by atoms with E-state index in [-0.39, 0.29) is 0 Å². The van der Waals surface area contributed by atoms with Crippen LogP contribution < -0.4 is 0 Å². The highest BCUT2D eigenvalue weighted by molar-refractivity contribution is 9.11. The predicted octanol–water partition coefficient (Wildman–Crippen LogP) is 5.04. The monoisotopic (exact) mass is 332 g/mol. The molecule has 0 N–H and O–H groups in total. The minimum atomic E-state index is 0.754. The van der Waals surface area contributed by atoms with Gasteiger partial charge in [0, 0.05) is 4.88 Å². The largest absolute Gasteiger partial charge is 0.450 e. The van der Waals surface area contributed by atoms with Crippen molar-refractivity contribution >= 4 is 55.3 Å². The Bertz CT molecular complexity index is 414. The zero-order valence-electron chi connectivity index (χ0n) is 7.04. The Balaban J connectivity index is 2.14. The molecule has 0 aliphatic rings. The third-order valence-corrected chi connectivity index (χ3v) is 3.61. The fraction of sp³-hybridized carbons (Fsp3) is 0. The van der Waals surface area contributed by atoms with E-state index in [2.05, 4.69) is 37.9 Å². The Morgan fingerprint density at radius 1 is 1.07 bits per heavy atom. The van der Waals surface area contributed by atoms with Gasteiger partial charge < -0.3 is 4.42 Å². The van der Waals surface area contributed by atoms with E-state index in [0.717, 1.165) is 14.2 Å². The van der Waals surface area contributed by atoms with Crippen LogP contribution in [0.2, 0.25) is 0 Å². The Kier molecular flexibility index (Phi) is 3.26. The molecule has 2 rings (SSSR count). The quantitative estimate of drug-likeness (QED) is 0.750. The molecule has 0 atom stereocenters. The Labute approximate surface area is 103 Å². The van der Waals surface area contributed by atoms with Gasteiger partial charge in [0.25, 0.3) is 0 Å². The summed E-state index contributed by atoms with van der Waals surface area (Å²) in [6.07, 6.45) is 3.98. The van der Waals surface area contributed by atoms with E-state index >= 15 is 0 Å². The van der Waals surface area contributed by atoms with Gasteiger partial charge in [-0.05, 0) is 68.3 Å². The van der Waals surface area contributed by atoms with Crippen molar-refractivity contribution in [2.75, 3.05) is 0 Å². The van der Waals surface area contributed by atoms with Gasteiger partial charge in [0.15, 0.2) is 4.67 Å². The van der Waals surface area contributed by atoms with Crippen LogP contribution in [0.4, 0.5) is 0 Å². The van der Waals surface area contributed by atoms with Crippen molar-refractivity contribution in [1.29, 1.82) is 0 Å². The zero-order valence-corrected chi connectivity index (χ0v) is 11.0. The molecule has 2 aromatic rings. The summed E-state index contributed by atoms with van der Waals surface area (Å²) in [4.78, 5) is 1.20. The Morgan fingerprint density at radius 2 is 1.93 bits per heavy atom. The molecule has 1 nitrogen and oxygen atoms in total. The number of hydrogen-bond acceptors (Lipinski definition) is 2. The lowest BCUT2D eigenvalue weighted by molar-refractivity contribution is 0.532. The van der Waals surface area contributed by atoms with Crippen molar-refractivity contribution in [2.24, 2.45) is 0 Å². The van der Waals surface area contributed by atoms with Crippen molar-refractivity contribution in [1.82, 2.24) is 0 Å². The van der Waals surface area contributed by atoms with Gasteiger partial charge >= 0.3 is 0 Å². The molecule has 0 fully saturated rings. The van der Waals surface area contributed by atoms with Gasteiger partial charge in [-0.25, -0.2) is 0 Å². The fourth-order valence-corrected chi connectivity index (χ4v) is 2.65. The van der Waals surface area contributed by atoms with E-state index in [4.69, 9.17) is 4.42 Å². The third kappa shape index (κ3) is 2.59. The Hall–Kier alpha value is -0.320. The molecule has 4 heteroatoms. The predicted molar refractivity (Wildman–Crippen MR) is 67.4 cm³/mol. The molecule has 72 valence electrons. The van der Waals surface area contributed by atoms with E-state index in [0.29, 0.717) is 0 Å². The van der Waals surface area contributed by atoms with Gasteiger partial charge in [0.2, 0.25) is 0 Å². The summed E-state index contributed by atoms with van der Waals surface area (Å²) in [6.45, 7) is 0.